The number of nitrogens with one attached hydrogen (secondary N) is 1. The van der Waals surface area contributed by atoms with Gasteiger partial charge in [-0.1, -0.05) is 12.1 Å². The molecule has 1 aromatic carbocycles. The van der Waals surface area contributed by atoms with Crippen molar-refractivity contribution in [2.24, 2.45) is 4.99 Å². The molecule has 0 aliphatic heterocycles. The van der Waals surface area contributed by atoms with Crippen LogP contribution in [0, 0.1) is 0 Å². The molecular weight excluding hydrogens is 391 g/mol. The van der Waals surface area contributed by atoms with E-state index in [-0.39, 0.29) is 29.7 Å². The SMILES string of the molecule is CCN=C(NCC)N(C)Cc1ccc(OC(F)F)cc1.I. The molecule has 0 bridgehead atoms. The number of hydrogen-bond donors (Lipinski definition) is 1. The van der Waals surface area contributed by atoms with Gasteiger partial charge in [-0.3, -0.25) is 4.99 Å². The fraction of sp³-hybridized carbons (Fsp3) is 0.500. The van der Waals surface area contributed by atoms with Crippen LogP contribution in [0.5, 0.6) is 5.75 Å². The summed E-state index contributed by atoms with van der Waals surface area (Å²) in [7, 11) is 1.93. The van der Waals surface area contributed by atoms with E-state index in [9.17, 15) is 8.78 Å². The van der Waals surface area contributed by atoms with Gasteiger partial charge in [0.1, 0.15) is 5.75 Å². The van der Waals surface area contributed by atoms with E-state index in [1.807, 2.05) is 25.8 Å². The van der Waals surface area contributed by atoms with E-state index in [0.29, 0.717) is 13.1 Å². The average molecular weight is 413 g/mol. The van der Waals surface area contributed by atoms with Crippen molar-refractivity contribution >= 4 is 29.9 Å². The van der Waals surface area contributed by atoms with Crippen molar-refractivity contribution in [2.75, 3.05) is 20.1 Å². The van der Waals surface area contributed by atoms with Crippen LogP contribution in [0.2, 0.25) is 0 Å². The molecule has 1 N–H and O–H groups in total. The first-order valence-corrected chi connectivity index (χ1v) is 6.60. The Hall–Kier alpha value is -1.12. The maximum atomic E-state index is 12.1. The monoisotopic (exact) mass is 413 g/mol. The fourth-order valence-electron chi connectivity index (χ4n) is 1.74. The first-order valence-electron chi connectivity index (χ1n) is 6.60. The highest BCUT2D eigenvalue weighted by molar-refractivity contribution is 14.0. The Labute approximate surface area is 141 Å². The molecule has 7 heteroatoms. The van der Waals surface area contributed by atoms with Gasteiger partial charge in [-0.2, -0.15) is 8.78 Å². The smallest absolute Gasteiger partial charge is 0.387 e. The molecule has 0 aromatic heterocycles. The van der Waals surface area contributed by atoms with Crippen LogP contribution in [0.3, 0.4) is 0 Å². The molecule has 0 heterocycles. The van der Waals surface area contributed by atoms with Crippen molar-refractivity contribution in [3.8, 4) is 5.75 Å². The second-order valence-electron chi connectivity index (χ2n) is 4.21. The summed E-state index contributed by atoms with van der Waals surface area (Å²) in [6.07, 6.45) is 0. The molecule has 0 aliphatic carbocycles. The molecule has 120 valence electrons. The van der Waals surface area contributed by atoms with E-state index in [4.69, 9.17) is 0 Å². The zero-order valence-electron chi connectivity index (χ0n) is 12.5. The second-order valence-corrected chi connectivity index (χ2v) is 4.21. The third kappa shape index (κ3) is 7.45. The Bertz CT molecular complexity index is 427. The van der Waals surface area contributed by atoms with E-state index in [1.165, 1.54) is 0 Å². The largest absolute Gasteiger partial charge is 0.435 e. The van der Waals surface area contributed by atoms with Gasteiger partial charge in [0, 0.05) is 26.7 Å². The van der Waals surface area contributed by atoms with Crippen molar-refractivity contribution in [1.82, 2.24) is 10.2 Å². The quantitative estimate of drug-likeness (QED) is 0.442. The summed E-state index contributed by atoms with van der Waals surface area (Å²) in [5, 5.41) is 3.19. The molecule has 0 saturated heterocycles. The number of nitrogens with zero attached hydrogens (tertiary/aromatic N) is 2. The highest BCUT2D eigenvalue weighted by Gasteiger charge is 2.07. The summed E-state index contributed by atoms with van der Waals surface area (Å²) < 4.78 is 28.4. The third-order valence-electron chi connectivity index (χ3n) is 2.57. The maximum absolute atomic E-state index is 12.1. The summed E-state index contributed by atoms with van der Waals surface area (Å²) in [6, 6.07) is 6.62. The van der Waals surface area contributed by atoms with Crippen molar-refractivity contribution < 1.29 is 13.5 Å². The van der Waals surface area contributed by atoms with Gasteiger partial charge < -0.3 is 15.0 Å². The van der Waals surface area contributed by atoms with Crippen molar-refractivity contribution in [3.05, 3.63) is 29.8 Å². The van der Waals surface area contributed by atoms with Crippen LogP contribution >= 0.6 is 24.0 Å². The Balaban J connectivity index is 0.00000400. The molecule has 1 aromatic rings. The van der Waals surface area contributed by atoms with Crippen molar-refractivity contribution in [2.45, 2.75) is 27.0 Å². The fourth-order valence-corrected chi connectivity index (χ4v) is 1.74. The Morgan fingerprint density at radius 1 is 1.29 bits per heavy atom. The lowest BCUT2D eigenvalue weighted by Gasteiger charge is -2.22. The van der Waals surface area contributed by atoms with Crippen LogP contribution in [0.25, 0.3) is 0 Å². The molecule has 4 nitrogen and oxygen atoms in total. The molecule has 0 amide bonds. The van der Waals surface area contributed by atoms with Gasteiger partial charge >= 0.3 is 6.61 Å². The summed E-state index contributed by atoms with van der Waals surface area (Å²) in [5.74, 6) is 0.989. The predicted molar refractivity (Wildman–Crippen MR) is 91.6 cm³/mol. The molecular formula is C14H22F2IN3O. The number of alkyl halides is 2. The minimum absolute atomic E-state index is 0. The molecule has 1 rings (SSSR count). The molecule has 0 unspecified atom stereocenters. The van der Waals surface area contributed by atoms with Crippen molar-refractivity contribution in [3.63, 3.8) is 0 Å². The van der Waals surface area contributed by atoms with Crippen LogP contribution in [-0.4, -0.2) is 37.6 Å². The summed E-state index contributed by atoms with van der Waals surface area (Å²) in [5.41, 5.74) is 0.996. The molecule has 0 spiro atoms. The summed E-state index contributed by atoms with van der Waals surface area (Å²) in [6.45, 7) is 3.33. The summed E-state index contributed by atoms with van der Waals surface area (Å²) >= 11 is 0. The third-order valence-corrected chi connectivity index (χ3v) is 2.57. The Kier molecular flexibility index (Phi) is 10.0. The zero-order chi connectivity index (χ0) is 15.0. The number of hydrogen-bond acceptors (Lipinski definition) is 2. The Morgan fingerprint density at radius 3 is 2.38 bits per heavy atom. The maximum Gasteiger partial charge on any atom is 0.387 e. The van der Waals surface area contributed by atoms with Crippen molar-refractivity contribution in [1.29, 1.82) is 0 Å². The van der Waals surface area contributed by atoms with Crippen LogP contribution in [0.15, 0.2) is 29.3 Å². The number of aliphatic imine (C=N–C) groups is 1. The second kappa shape index (κ2) is 10.6. The normalized spacial score (nSPS) is 11.0. The average Bonchev–Trinajstić information content (AvgIpc) is 2.40. The van der Waals surface area contributed by atoms with E-state index >= 15 is 0 Å². The van der Waals surface area contributed by atoms with Crippen LogP contribution in [0.1, 0.15) is 19.4 Å². The van der Waals surface area contributed by atoms with Crippen LogP contribution in [-0.2, 0) is 6.54 Å². The highest BCUT2D eigenvalue weighted by Crippen LogP contribution is 2.15. The van der Waals surface area contributed by atoms with Gasteiger partial charge in [0.15, 0.2) is 5.96 Å². The number of rotatable bonds is 6. The van der Waals surface area contributed by atoms with Gasteiger partial charge in [-0.15, -0.1) is 24.0 Å². The number of halogens is 3. The zero-order valence-corrected chi connectivity index (χ0v) is 14.8. The van der Waals surface area contributed by atoms with Gasteiger partial charge in [0.05, 0.1) is 0 Å². The highest BCUT2D eigenvalue weighted by atomic mass is 127. The summed E-state index contributed by atoms with van der Waals surface area (Å²) in [4.78, 5) is 6.36. The standard InChI is InChI=1S/C14H21F2N3O.HI/c1-4-17-14(18-5-2)19(3)10-11-6-8-12(9-7-11)20-13(15)16;/h6-9,13H,4-5,10H2,1-3H3,(H,17,18);1H. The number of benzene rings is 1. The molecule has 0 saturated carbocycles. The van der Waals surface area contributed by atoms with E-state index in [1.54, 1.807) is 24.3 Å². The predicted octanol–water partition coefficient (Wildman–Crippen LogP) is 3.32. The Morgan fingerprint density at radius 2 is 1.90 bits per heavy atom. The lowest BCUT2D eigenvalue weighted by Crippen LogP contribution is -2.38. The van der Waals surface area contributed by atoms with E-state index < -0.39 is 6.61 Å². The first kappa shape index (κ1) is 19.9. The molecule has 0 aliphatic rings. The molecule has 0 radical (unpaired) electrons. The topological polar surface area (TPSA) is 36.9 Å². The van der Waals surface area contributed by atoms with Gasteiger partial charge in [-0.05, 0) is 31.5 Å². The van der Waals surface area contributed by atoms with E-state index in [2.05, 4.69) is 15.0 Å². The molecule has 21 heavy (non-hydrogen) atoms. The lowest BCUT2D eigenvalue weighted by atomic mass is 10.2. The molecule has 0 atom stereocenters. The number of guanidine groups is 1. The van der Waals surface area contributed by atoms with Gasteiger partial charge in [-0.25, -0.2) is 0 Å². The van der Waals surface area contributed by atoms with Gasteiger partial charge in [0.2, 0.25) is 0 Å². The van der Waals surface area contributed by atoms with E-state index in [0.717, 1.165) is 18.1 Å². The molecule has 0 fully saturated rings. The first-order chi connectivity index (χ1) is 9.56. The minimum Gasteiger partial charge on any atom is -0.435 e. The number of ether oxygens (including phenoxy) is 1. The van der Waals surface area contributed by atoms with Gasteiger partial charge in [0.25, 0.3) is 0 Å². The van der Waals surface area contributed by atoms with Crippen LogP contribution in [0.4, 0.5) is 8.78 Å². The van der Waals surface area contributed by atoms with Crippen LogP contribution < -0.4 is 10.1 Å². The lowest BCUT2D eigenvalue weighted by molar-refractivity contribution is -0.0498. The minimum atomic E-state index is -2.79.